The van der Waals surface area contributed by atoms with E-state index in [-0.39, 0.29) is 29.4 Å². The van der Waals surface area contributed by atoms with Gasteiger partial charge in [-0.25, -0.2) is 0 Å². The van der Waals surface area contributed by atoms with Gasteiger partial charge in [-0.3, -0.25) is 9.39 Å². The van der Waals surface area contributed by atoms with Crippen molar-refractivity contribution in [3.05, 3.63) is 66.1 Å². The molecule has 7 heteroatoms. The minimum absolute atomic E-state index is 0. The van der Waals surface area contributed by atoms with Gasteiger partial charge in [0.2, 0.25) is 0 Å². The molecule has 3 aromatic rings. The quantitative estimate of drug-likeness (QED) is 0.211. The molecular formula is C22H31IN6. The Morgan fingerprint density at radius 3 is 2.55 bits per heavy atom. The molecule has 0 aliphatic rings. The minimum Gasteiger partial charge on any atom is -0.357 e. The first-order valence-corrected chi connectivity index (χ1v) is 9.96. The highest BCUT2D eigenvalue weighted by Crippen LogP contribution is 2.22. The fraction of sp³-hybridized carbons (Fsp3) is 0.409. The van der Waals surface area contributed by atoms with Gasteiger partial charge in [0.1, 0.15) is 5.82 Å². The van der Waals surface area contributed by atoms with E-state index in [9.17, 15) is 0 Å². The highest BCUT2D eigenvalue weighted by molar-refractivity contribution is 14.0. The molecule has 0 aliphatic heterocycles. The van der Waals surface area contributed by atoms with Gasteiger partial charge in [-0.05, 0) is 31.0 Å². The van der Waals surface area contributed by atoms with E-state index in [0.717, 1.165) is 49.9 Å². The molecule has 2 heterocycles. The number of hydrogen-bond acceptors (Lipinski definition) is 3. The van der Waals surface area contributed by atoms with Crippen LogP contribution in [0.15, 0.2) is 59.7 Å². The summed E-state index contributed by atoms with van der Waals surface area (Å²) in [5.74, 6) is 1.85. The van der Waals surface area contributed by atoms with Crippen molar-refractivity contribution in [3.8, 4) is 0 Å². The lowest BCUT2D eigenvalue weighted by Gasteiger charge is -2.24. The summed E-state index contributed by atoms with van der Waals surface area (Å²) < 4.78 is 2.04. The Labute approximate surface area is 190 Å². The molecule has 3 rings (SSSR count). The average molecular weight is 506 g/mol. The maximum atomic E-state index is 4.81. The van der Waals surface area contributed by atoms with Gasteiger partial charge in [-0.1, -0.05) is 50.2 Å². The van der Waals surface area contributed by atoms with E-state index in [1.54, 1.807) is 0 Å². The number of benzene rings is 1. The fourth-order valence-corrected chi connectivity index (χ4v) is 3.11. The van der Waals surface area contributed by atoms with Crippen molar-refractivity contribution in [2.75, 3.05) is 19.6 Å². The lowest BCUT2D eigenvalue weighted by molar-refractivity contribution is 0.537. The summed E-state index contributed by atoms with van der Waals surface area (Å²) in [5, 5.41) is 15.3. The number of nitrogens with one attached hydrogen (secondary N) is 2. The molecule has 0 aliphatic carbocycles. The zero-order valence-electron chi connectivity index (χ0n) is 17.4. The minimum atomic E-state index is -0.00988. The predicted molar refractivity (Wildman–Crippen MR) is 130 cm³/mol. The van der Waals surface area contributed by atoms with E-state index in [2.05, 4.69) is 65.9 Å². The van der Waals surface area contributed by atoms with Gasteiger partial charge >= 0.3 is 0 Å². The predicted octanol–water partition coefficient (Wildman–Crippen LogP) is 3.81. The molecule has 156 valence electrons. The van der Waals surface area contributed by atoms with E-state index in [4.69, 9.17) is 4.99 Å². The lowest BCUT2D eigenvalue weighted by Crippen LogP contribution is -2.39. The van der Waals surface area contributed by atoms with Crippen molar-refractivity contribution >= 4 is 35.6 Å². The molecule has 0 amide bonds. The second-order valence-corrected chi connectivity index (χ2v) is 7.52. The van der Waals surface area contributed by atoms with Crippen LogP contribution in [-0.2, 0) is 11.8 Å². The zero-order valence-corrected chi connectivity index (χ0v) is 19.8. The van der Waals surface area contributed by atoms with Crippen LogP contribution in [0.3, 0.4) is 0 Å². The molecule has 0 spiro atoms. The van der Waals surface area contributed by atoms with Gasteiger partial charge in [0, 0.05) is 31.1 Å². The van der Waals surface area contributed by atoms with Crippen LogP contribution in [0.2, 0.25) is 0 Å². The molecule has 0 radical (unpaired) electrons. The van der Waals surface area contributed by atoms with E-state index < -0.39 is 0 Å². The van der Waals surface area contributed by atoms with Gasteiger partial charge in [0.25, 0.3) is 0 Å². The van der Waals surface area contributed by atoms with Crippen LogP contribution in [0.4, 0.5) is 0 Å². The number of hydrogen-bond donors (Lipinski definition) is 2. The summed E-state index contributed by atoms with van der Waals surface area (Å²) in [5.41, 5.74) is 2.18. The molecule has 0 atom stereocenters. The first kappa shape index (κ1) is 23.1. The molecule has 0 unspecified atom stereocenters. The van der Waals surface area contributed by atoms with Crippen molar-refractivity contribution in [1.29, 1.82) is 0 Å². The van der Waals surface area contributed by atoms with Crippen molar-refractivity contribution in [2.45, 2.75) is 39.0 Å². The zero-order chi connectivity index (χ0) is 19.8. The molecule has 2 aromatic heterocycles. The second-order valence-electron chi connectivity index (χ2n) is 7.52. The number of rotatable bonds is 8. The summed E-state index contributed by atoms with van der Waals surface area (Å²) >= 11 is 0. The standard InChI is InChI=1S/C22H30N6.HI/c1-4-23-21(25-17-22(2,3)18-11-6-5-7-12-18)24-15-10-14-20-27-26-19-13-8-9-16-28(19)20;/h5-9,11-13,16H,4,10,14-15,17H2,1-3H3,(H2,23,24,25);1H. The lowest BCUT2D eigenvalue weighted by atomic mass is 9.85. The SMILES string of the molecule is CCNC(=NCC(C)(C)c1ccccc1)NCCCc1nnc2ccccn12.I. The number of aliphatic imine (C=N–C) groups is 1. The molecule has 6 nitrogen and oxygen atoms in total. The number of nitrogens with zero attached hydrogens (tertiary/aromatic N) is 4. The average Bonchev–Trinajstić information content (AvgIpc) is 3.13. The molecule has 2 N–H and O–H groups in total. The maximum Gasteiger partial charge on any atom is 0.191 e. The van der Waals surface area contributed by atoms with E-state index >= 15 is 0 Å². The van der Waals surface area contributed by atoms with E-state index in [1.165, 1.54) is 5.56 Å². The Balaban J connectivity index is 0.00000300. The summed E-state index contributed by atoms with van der Waals surface area (Å²) in [7, 11) is 0. The summed E-state index contributed by atoms with van der Waals surface area (Å²) in [6.07, 6.45) is 3.84. The van der Waals surface area contributed by atoms with Crippen LogP contribution >= 0.6 is 24.0 Å². The van der Waals surface area contributed by atoms with Crippen LogP contribution in [0, 0.1) is 0 Å². The Kier molecular flexibility index (Phi) is 8.88. The monoisotopic (exact) mass is 506 g/mol. The van der Waals surface area contributed by atoms with Gasteiger partial charge in [-0.2, -0.15) is 0 Å². The normalized spacial score (nSPS) is 11.9. The van der Waals surface area contributed by atoms with Gasteiger partial charge in [-0.15, -0.1) is 34.2 Å². The summed E-state index contributed by atoms with van der Waals surface area (Å²) in [6, 6.07) is 16.5. The van der Waals surface area contributed by atoms with Gasteiger partial charge in [0.15, 0.2) is 11.6 Å². The van der Waals surface area contributed by atoms with Crippen LogP contribution in [-0.4, -0.2) is 40.2 Å². The third kappa shape index (κ3) is 6.42. The Morgan fingerprint density at radius 1 is 1.03 bits per heavy atom. The third-order valence-corrected chi connectivity index (χ3v) is 4.79. The smallest absolute Gasteiger partial charge is 0.191 e. The van der Waals surface area contributed by atoms with Crippen LogP contribution in [0.25, 0.3) is 5.65 Å². The first-order valence-electron chi connectivity index (χ1n) is 9.96. The van der Waals surface area contributed by atoms with Crippen molar-refractivity contribution in [2.24, 2.45) is 4.99 Å². The van der Waals surface area contributed by atoms with E-state index in [0.29, 0.717) is 0 Å². The molecule has 1 aromatic carbocycles. The third-order valence-electron chi connectivity index (χ3n) is 4.79. The van der Waals surface area contributed by atoms with Crippen LogP contribution < -0.4 is 10.6 Å². The topological polar surface area (TPSA) is 66.6 Å². The molecule has 29 heavy (non-hydrogen) atoms. The second kappa shape index (κ2) is 11.1. The summed E-state index contributed by atoms with van der Waals surface area (Å²) in [4.78, 5) is 4.81. The molecule has 0 saturated carbocycles. The van der Waals surface area contributed by atoms with Crippen LogP contribution in [0.1, 0.15) is 38.6 Å². The van der Waals surface area contributed by atoms with E-state index in [1.807, 2.05) is 34.9 Å². The molecule has 0 bridgehead atoms. The highest BCUT2D eigenvalue weighted by atomic mass is 127. The van der Waals surface area contributed by atoms with Gasteiger partial charge < -0.3 is 10.6 Å². The largest absolute Gasteiger partial charge is 0.357 e. The Hall–Kier alpha value is -2.16. The number of aromatic nitrogens is 3. The summed E-state index contributed by atoms with van der Waals surface area (Å²) in [6.45, 7) is 8.94. The Morgan fingerprint density at radius 2 is 1.79 bits per heavy atom. The molecule has 0 saturated heterocycles. The Bertz CT molecular complexity index is 904. The highest BCUT2D eigenvalue weighted by Gasteiger charge is 2.20. The van der Waals surface area contributed by atoms with Crippen molar-refractivity contribution in [3.63, 3.8) is 0 Å². The fourth-order valence-electron chi connectivity index (χ4n) is 3.11. The van der Waals surface area contributed by atoms with Crippen molar-refractivity contribution < 1.29 is 0 Å². The molecule has 0 fully saturated rings. The first-order chi connectivity index (χ1) is 13.6. The number of pyridine rings is 1. The number of aryl methyl sites for hydroxylation is 1. The number of fused-ring (bicyclic) bond motifs is 1. The maximum absolute atomic E-state index is 4.81. The van der Waals surface area contributed by atoms with Crippen LogP contribution in [0.5, 0.6) is 0 Å². The number of guanidine groups is 1. The number of halogens is 1. The van der Waals surface area contributed by atoms with Gasteiger partial charge in [0.05, 0.1) is 6.54 Å². The molecular weight excluding hydrogens is 475 g/mol. The van der Waals surface area contributed by atoms with Crippen molar-refractivity contribution in [1.82, 2.24) is 25.2 Å².